The van der Waals surface area contributed by atoms with Gasteiger partial charge in [-0.1, -0.05) is 6.07 Å². The van der Waals surface area contributed by atoms with Crippen LogP contribution in [0.15, 0.2) is 41.8 Å². The highest BCUT2D eigenvalue weighted by atomic mass is 16.2. The molecule has 0 aliphatic rings. The van der Waals surface area contributed by atoms with Crippen molar-refractivity contribution in [3.05, 3.63) is 48.0 Å². The number of amides is 1. The van der Waals surface area contributed by atoms with Crippen molar-refractivity contribution in [1.29, 1.82) is 0 Å². The Bertz CT molecular complexity index is 532. The molecule has 1 N–H and O–H groups in total. The van der Waals surface area contributed by atoms with Crippen molar-refractivity contribution in [2.24, 2.45) is 12.1 Å². The van der Waals surface area contributed by atoms with Gasteiger partial charge in [-0.15, -0.1) is 0 Å². The lowest BCUT2D eigenvalue weighted by Gasteiger charge is -1.94. The maximum atomic E-state index is 11.5. The number of pyridine rings is 1. The summed E-state index contributed by atoms with van der Waals surface area (Å²) in [5.74, 6) is -0.349. The Morgan fingerprint density at radius 2 is 2.35 bits per heavy atom. The molecular weight excluding hydrogens is 218 g/mol. The summed E-state index contributed by atoms with van der Waals surface area (Å²) in [5.41, 5.74) is 3.37. The number of nitrogens with zero attached hydrogens (tertiary/aromatic N) is 4. The number of nitrogens with one attached hydrogen (secondary N) is 1. The van der Waals surface area contributed by atoms with Gasteiger partial charge in [0.1, 0.15) is 0 Å². The van der Waals surface area contributed by atoms with Crippen LogP contribution in [0.25, 0.3) is 0 Å². The van der Waals surface area contributed by atoms with Gasteiger partial charge < -0.3 is 0 Å². The molecule has 0 aromatic carbocycles. The van der Waals surface area contributed by atoms with E-state index in [1.807, 2.05) is 12.1 Å². The Balaban J connectivity index is 1.95. The van der Waals surface area contributed by atoms with Crippen LogP contribution >= 0.6 is 0 Å². The average Bonchev–Trinajstić information content (AvgIpc) is 2.77. The van der Waals surface area contributed by atoms with Gasteiger partial charge in [-0.2, -0.15) is 10.2 Å². The number of hydrazone groups is 1. The van der Waals surface area contributed by atoms with Crippen LogP contribution in [0, 0.1) is 0 Å². The van der Waals surface area contributed by atoms with E-state index in [-0.39, 0.29) is 5.91 Å². The van der Waals surface area contributed by atoms with E-state index < -0.39 is 0 Å². The molecule has 1 amide bonds. The molecule has 2 aromatic rings. The Kier molecular flexibility index (Phi) is 3.25. The number of rotatable bonds is 3. The Morgan fingerprint density at radius 1 is 1.47 bits per heavy atom. The summed E-state index contributed by atoms with van der Waals surface area (Å²) in [7, 11) is 1.74. The maximum Gasteiger partial charge on any atom is 0.291 e. The predicted octanol–water partition coefficient (Wildman–Crippen LogP) is 0.579. The summed E-state index contributed by atoms with van der Waals surface area (Å²) in [4.78, 5) is 15.6. The van der Waals surface area contributed by atoms with E-state index in [4.69, 9.17) is 0 Å². The van der Waals surface area contributed by atoms with Crippen molar-refractivity contribution >= 4 is 12.1 Å². The minimum Gasteiger partial charge on any atom is -0.275 e. The van der Waals surface area contributed by atoms with Gasteiger partial charge in [-0.25, -0.2) is 5.43 Å². The summed E-state index contributed by atoms with van der Waals surface area (Å²) >= 11 is 0. The van der Waals surface area contributed by atoms with Crippen LogP contribution in [0.2, 0.25) is 0 Å². The van der Waals surface area contributed by atoms with E-state index in [9.17, 15) is 4.79 Å². The van der Waals surface area contributed by atoms with Crippen LogP contribution in [0.5, 0.6) is 0 Å². The zero-order valence-electron chi connectivity index (χ0n) is 9.24. The van der Waals surface area contributed by atoms with Crippen LogP contribution in [0.3, 0.4) is 0 Å². The fraction of sp³-hybridized carbons (Fsp3) is 0.0909. The van der Waals surface area contributed by atoms with Crippen LogP contribution < -0.4 is 5.43 Å². The molecule has 0 saturated heterocycles. The summed E-state index contributed by atoms with van der Waals surface area (Å²) in [6.45, 7) is 0. The normalized spacial score (nSPS) is 10.6. The highest BCUT2D eigenvalue weighted by Crippen LogP contribution is 1.93. The third-order valence-electron chi connectivity index (χ3n) is 2.00. The Labute approximate surface area is 98.0 Å². The third-order valence-corrected chi connectivity index (χ3v) is 2.00. The summed E-state index contributed by atoms with van der Waals surface area (Å²) in [6, 6.07) is 7.06. The molecule has 2 heterocycles. The molecule has 0 unspecified atom stereocenters. The largest absolute Gasteiger partial charge is 0.291 e. The molecule has 0 bridgehead atoms. The lowest BCUT2D eigenvalue weighted by Crippen LogP contribution is -2.18. The van der Waals surface area contributed by atoms with Gasteiger partial charge in [-0.3, -0.25) is 14.5 Å². The number of aromatic nitrogens is 3. The number of aryl methyl sites for hydroxylation is 1. The van der Waals surface area contributed by atoms with Gasteiger partial charge in [0.05, 0.1) is 11.9 Å². The zero-order valence-corrected chi connectivity index (χ0v) is 9.24. The van der Waals surface area contributed by atoms with E-state index in [2.05, 4.69) is 20.6 Å². The molecule has 0 saturated carbocycles. The standard InChI is InChI=1S/C11H11N5O/c1-16-7-5-10(15-16)11(17)14-13-8-9-4-2-3-6-12-9/h2-8H,1H3,(H,14,17)/b13-8+. The van der Waals surface area contributed by atoms with Crippen molar-refractivity contribution in [3.63, 3.8) is 0 Å². The Morgan fingerprint density at radius 3 is 3.00 bits per heavy atom. The smallest absolute Gasteiger partial charge is 0.275 e. The second-order valence-electron chi connectivity index (χ2n) is 3.33. The van der Waals surface area contributed by atoms with E-state index in [1.54, 1.807) is 36.3 Å². The topological polar surface area (TPSA) is 72.2 Å². The first-order chi connectivity index (χ1) is 8.25. The Hall–Kier alpha value is -2.50. The number of hydrogen-bond donors (Lipinski definition) is 1. The number of hydrogen-bond acceptors (Lipinski definition) is 4. The number of carbonyl (C=O) groups excluding carboxylic acids is 1. The van der Waals surface area contributed by atoms with E-state index in [1.165, 1.54) is 6.21 Å². The molecule has 0 spiro atoms. The summed E-state index contributed by atoms with van der Waals surface area (Å²) < 4.78 is 1.55. The van der Waals surface area contributed by atoms with Crippen molar-refractivity contribution in [2.75, 3.05) is 0 Å². The lowest BCUT2D eigenvalue weighted by molar-refractivity contribution is 0.0949. The van der Waals surface area contributed by atoms with Crippen LogP contribution in [0.1, 0.15) is 16.2 Å². The van der Waals surface area contributed by atoms with Crippen LogP contribution in [0.4, 0.5) is 0 Å². The van der Waals surface area contributed by atoms with Crippen molar-refractivity contribution in [3.8, 4) is 0 Å². The van der Waals surface area contributed by atoms with E-state index >= 15 is 0 Å². The van der Waals surface area contributed by atoms with Gasteiger partial charge in [0.25, 0.3) is 5.91 Å². The van der Waals surface area contributed by atoms with Crippen LogP contribution in [-0.2, 0) is 7.05 Å². The van der Waals surface area contributed by atoms with Crippen molar-refractivity contribution < 1.29 is 4.79 Å². The molecule has 0 atom stereocenters. The highest BCUT2D eigenvalue weighted by molar-refractivity contribution is 5.92. The lowest BCUT2D eigenvalue weighted by atomic mass is 10.4. The average molecular weight is 229 g/mol. The minimum atomic E-state index is -0.349. The molecule has 2 rings (SSSR count). The van der Waals surface area contributed by atoms with Crippen molar-refractivity contribution in [2.45, 2.75) is 0 Å². The fourth-order valence-electron chi connectivity index (χ4n) is 1.20. The van der Waals surface area contributed by atoms with Crippen molar-refractivity contribution in [1.82, 2.24) is 20.2 Å². The second kappa shape index (κ2) is 5.02. The monoisotopic (exact) mass is 229 g/mol. The molecule has 86 valence electrons. The van der Waals surface area contributed by atoms with Gasteiger partial charge in [-0.05, 0) is 18.2 Å². The van der Waals surface area contributed by atoms with Gasteiger partial charge >= 0.3 is 0 Å². The first kappa shape index (κ1) is 11.0. The zero-order chi connectivity index (χ0) is 12.1. The molecule has 6 heteroatoms. The molecule has 17 heavy (non-hydrogen) atoms. The summed E-state index contributed by atoms with van der Waals surface area (Å²) in [6.07, 6.45) is 4.82. The van der Waals surface area contributed by atoms with Gasteiger partial charge in [0.15, 0.2) is 5.69 Å². The first-order valence-corrected chi connectivity index (χ1v) is 5.00. The molecule has 0 fully saturated rings. The summed E-state index contributed by atoms with van der Waals surface area (Å²) in [5, 5.41) is 7.74. The number of carbonyl (C=O) groups is 1. The second-order valence-corrected chi connectivity index (χ2v) is 3.33. The third kappa shape index (κ3) is 2.97. The fourth-order valence-corrected chi connectivity index (χ4v) is 1.20. The molecular formula is C11H11N5O. The SMILES string of the molecule is Cn1ccc(C(=O)N/N=C/c2ccccn2)n1. The highest BCUT2D eigenvalue weighted by Gasteiger charge is 2.06. The maximum absolute atomic E-state index is 11.5. The minimum absolute atomic E-state index is 0.325. The van der Waals surface area contributed by atoms with Gasteiger partial charge in [0, 0.05) is 19.4 Å². The van der Waals surface area contributed by atoms with E-state index in [0.717, 1.165) is 0 Å². The molecule has 0 aliphatic heterocycles. The van der Waals surface area contributed by atoms with E-state index in [0.29, 0.717) is 11.4 Å². The molecule has 6 nitrogen and oxygen atoms in total. The van der Waals surface area contributed by atoms with Crippen LogP contribution in [-0.4, -0.2) is 26.9 Å². The molecule has 0 aliphatic carbocycles. The quantitative estimate of drug-likeness (QED) is 0.618. The van der Waals surface area contributed by atoms with Gasteiger partial charge in [0.2, 0.25) is 0 Å². The first-order valence-electron chi connectivity index (χ1n) is 5.00. The molecule has 0 radical (unpaired) electrons. The molecule has 2 aromatic heterocycles. The predicted molar refractivity (Wildman–Crippen MR) is 62.5 cm³/mol.